The van der Waals surface area contributed by atoms with Gasteiger partial charge in [0.15, 0.2) is 0 Å². The Morgan fingerprint density at radius 1 is 0.423 bits per heavy atom. The Balaban J connectivity index is -0.0000000476. The summed E-state index contributed by atoms with van der Waals surface area (Å²) in [5.74, 6) is 0. The summed E-state index contributed by atoms with van der Waals surface area (Å²) in [7, 11) is 0. The molecule has 11 heteroatoms. The monoisotopic (exact) mass is 416 g/mol. The molecular formula is C15H25O10V. The van der Waals surface area contributed by atoms with Crippen molar-refractivity contribution in [2.24, 2.45) is 0 Å². The Labute approximate surface area is 165 Å². The Kier molecular flexibility index (Phi) is 53.4. The van der Waals surface area contributed by atoms with E-state index < -0.39 is 30.5 Å². The first-order valence-corrected chi connectivity index (χ1v) is 6.91. The summed E-state index contributed by atoms with van der Waals surface area (Å²) in [4.78, 5) is 46.0. The van der Waals surface area contributed by atoms with Gasteiger partial charge < -0.3 is 49.5 Å². The number of hydrogen-bond donors (Lipinski definition) is 0. The molecule has 0 aromatic carbocycles. The van der Waals surface area contributed by atoms with Crippen molar-refractivity contribution >= 4 is 31.4 Å². The molecule has 0 N–H and O–H groups in total. The number of hydrogen-bond acceptors (Lipinski definition) is 10. The van der Waals surface area contributed by atoms with Crippen LogP contribution in [0.3, 0.4) is 0 Å². The average molecular weight is 416 g/mol. The van der Waals surface area contributed by atoms with Crippen LogP contribution in [0.2, 0.25) is 0 Å². The maximum absolute atomic E-state index is 9.53. The molecule has 0 aromatic rings. The van der Waals surface area contributed by atoms with Crippen molar-refractivity contribution in [2.75, 3.05) is 0 Å². The van der Waals surface area contributed by atoms with Gasteiger partial charge in [0.1, 0.15) is 31.4 Å². The van der Waals surface area contributed by atoms with Crippen molar-refractivity contribution in [3.63, 3.8) is 0 Å². The Bertz CT molecular complexity index is 235. The van der Waals surface area contributed by atoms with Gasteiger partial charge in [-0.05, 0) is 0 Å². The maximum atomic E-state index is 9.53. The second-order valence-electron chi connectivity index (χ2n) is 4.21. The van der Waals surface area contributed by atoms with Gasteiger partial charge in [-0.2, -0.15) is 0 Å². The summed E-state index contributed by atoms with van der Waals surface area (Å²) in [6.45, 7) is 6.49. The van der Waals surface area contributed by atoms with E-state index >= 15 is 0 Å². The van der Waals surface area contributed by atoms with E-state index in [1.165, 1.54) is 34.6 Å². The van der Waals surface area contributed by atoms with Gasteiger partial charge >= 0.3 is 18.6 Å². The molecule has 10 nitrogen and oxygen atoms in total. The van der Waals surface area contributed by atoms with Gasteiger partial charge in [0.25, 0.3) is 0 Å². The van der Waals surface area contributed by atoms with E-state index in [0.29, 0.717) is 31.4 Å². The molecule has 150 valence electrons. The smallest absolute Gasteiger partial charge is 0.847 e. The van der Waals surface area contributed by atoms with Gasteiger partial charge in [0, 0.05) is 0 Å². The molecule has 0 heterocycles. The third-order valence-corrected chi connectivity index (χ3v) is 0.958. The van der Waals surface area contributed by atoms with Crippen LogP contribution in [-0.2, 0) is 42.5 Å². The van der Waals surface area contributed by atoms with Crippen LogP contribution >= 0.6 is 0 Å². The van der Waals surface area contributed by atoms with E-state index in [1.807, 2.05) is 0 Å². The molecular weight excluding hydrogens is 391 g/mol. The average Bonchev–Trinajstić information content (AvgIpc) is 2.56. The van der Waals surface area contributed by atoms with E-state index in [2.05, 4.69) is 0 Å². The molecule has 0 amide bonds. The van der Waals surface area contributed by atoms with Crippen molar-refractivity contribution in [1.29, 1.82) is 0 Å². The van der Waals surface area contributed by atoms with Gasteiger partial charge in [-0.15, -0.1) is 0 Å². The second kappa shape index (κ2) is 35.0. The maximum Gasteiger partial charge on any atom is 5.00 e. The van der Waals surface area contributed by atoms with Crippen LogP contribution in [0.4, 0.5) is 0 Å². The molecule has 0 aliphatic heterocycles. The van der Waals surface area contributed by atoms with Crippen molar-refractivity contribution in [3.8, 4) is 0 Å². The fourth-order valence-electron chi connectivity index (χ4n) is 0. The number of carbonyl (C=O) groups is 5. The Hall–Kier alpha value is -1.27. The van der Waals surface area contributed by atoms with E-state index in [1.54, 1.807) is 0 Å². The summed E-state index contributed by atoms with van der Waals surface area (Å²) in [6, 6.07) is 0. The Morgan fingerprint density at radius 3 is 0.462 bits per heavy atom. The molecule has 0 aliphatic rings. The zero-order valence-corrected chi connectivity index (χ0v) is 16.7. The summed E-state index contributed by atoms with van der Waals surface area (Å²) >= 11 is 0. The molecule has 0 spiro atoms. The molecule has 0 bridgehead atoms. The first-order chi connectivity index (χ1) is 11.4. The topological polar surface area (TPSA) is 201 Å². The zero-order valence-electron chi connectivity index (χ0n) is 15.3. The van der Waals surface area contributed by atoms with Crippen LogP contribution in [0.1, 0.15) is 34.6 Å². The summed E-state index contributed by atoms with van der Waals surface area (Å²) in [5.41, 5.74) is 0. The van der Waals surface area contributed by atoms with E-state index in [0.717, 1.165) is 0 Å². The van der Waals surface area contributed by atoms with E-state index in [9.17, 15) is 49.5 Å². The van der Waals surface area contributed by atoms with Gasteiger partial charge in [-0.25, -0.2) is 0 Å². The largest absolute Gasteiger partial charge is 5.00 e. The molecule has 5 unspecified atom stereocenters. The number of carbonyl (C=O) groups excluding carboxylic acids is 5. The van der Waals surface area contributed by atoms with Crippen molar-refractivity contribution in [2.45, 2.75) is 65.1 Å². The van der Waals surface area contributed by atoms with Crippen molar-refractivity contribution in [1.82, 2.24) is 0 Å². The molecule has 5 atom stereocenters. The SMILES string of the molecule is CC([O-])C=O.CC([O-])C=O.CC([O-])C=O.CC([O-])C=O.CC([O-])C=O.[V+5]. The van der Waals surface area contributed by atoms with Crippen LogP contribution in [0, 0.1) is 0 Å². The fourth-order valence-corrected chi connectivity index (χ4v) is 0. The van der Waals surface area contributed by atoms with E-state index in [4.69, 9.17) is 0 Å². The molecule has 0 radical (unpaired) electrons. The summed E-state index contributed by atoms with van der Waals surface area (Å²) < 4.78 is 0. The van der Waals surface area contributed by atoms with Crippen LogP contribution in [-0.4, -0.2) is 62.0 Å². The van der Waals surface area contributed by atoms with Gasteiger partial charge in [-0.1, -0.05) is 65.1 Å². The van der Waals surface area contributed by atoms with Gasteiger partial charge in [-0.3, -0.25) is 0 Å². The zero-order chi connectivity index (χ0) is 21.4. The summed E-state index contributed by atoms with van der Waals surface area (Å²) in [6.07, 6.45) is -3.43. The molecule has 0 aliphatic carbocycles. The molecule has 0 saturated carbocycles. The normalized spacial score (nSPS) is 13.5. The fraction of sp³-hybridized carbons (Fsp3) is 0.667. The second-order valence-corrected chi connectivity index (χ2v) is 4.21. The molecule has 0 aromatic heterocycles. The first kappa shape index (κ1) is 39.7. The predicted molar refractivity (Wildman–Crippen MR) is 77.6 cm³/mol. The van der Waals surface area contributed by atoms with Crippen molar-refractivity contribution in [3.05, 3.63) is 0 Å². The van der Waals surface area contributed by atoms with Crippen LogP contribution < -0.4 is 25.5 Å². The minimum absolute atomic E-state index is 0. The molecule has 0 fully saturated rings. The predicted octanol–water partition coefficient (Wildman–Crippen LogP) is -5.33. The van der Waals surface area contributed by atoms with Gasteiger partial charge in [0.2, 0.25) is 0 Å². The van der Waals surface area contributed by atoms with E-state index in [-0.39, 0.29) is 18.6 Å². The number of rotatable bonds is 5. The first-order valence-electron chi connectivity index (χ1n) is 6.91. The standard InChI is InChI=1S/5C3H5O2.V/c5*1-3(5)2-4;/h5*2-3H,1H3;/q5*-1;+5. The van der Waals surface area contributed by atoms with Crippen LogP contribution in [0.15, 0.2) is 0 Å². The minimum atomic E-state index is -1.05. The Morgan fingerprint density at radius 2 is 0.462 bits per heavy atom. The van der Waals surface area contributed by atoms with Crippen molar-refractivity contribution < 1.29 is 68.1 Å². The van der Waals surface area contributed by atoms with Gasteiger partial charge in [0.05, 0.1) is 0 Å². The quantitative estimate of drug-likeness (QED) is 0.389. The third-order valence-electron chi connectivity index (χ3n) is 0.958. The molecule has 0 saturated heterocycles. The summed E-state index contributed by atoms with van der Waals surface area (Å²) in [5, 5.41) is 47.6. The molecule has 26 heavy (non-hydrogen) atoms. The third kappa shape index (κ3) is 141. The minimum Gasteiger partial charge on any atom is -0.847 e. The number of aldehydes is 5. The molecule has 0 rings (SSSR count). The van der Waals surface area contributed by atoms with Crippen LogP contribution in [0.5, 0.6) is 0 Å². The van der Waals surface area contributed by atoms with Crippen LogP contribution in [0.25, 0.3) is 0 Å².